The number of aliphatic imine (C=N–C) groups is 1. The van der Waals surface area contributed by atoms with Crippen molar-refractivity contribution < 1.29 is 14.3 Å². The highest BCUT2D eigenvalue weighted by Crippen LogP contribution is 2.49. The maximum absolute atomic E-state index is 6.56. The average Bonchev–Trinajstić information content (AvgIpc) is 3.00. The van der Waals surface area contributed by atoms with Crippen molar-refractivity contribution in [3.8, 4) is 16.9 Å². The van der Waals surface area contributed by atoms with Crippen molar-refractivity contribution >= 4 is 21.9 Å². The summed E-state index contributed by atoms with van der Waals surface area (Å²) in [6.07, 6.45) is 2.50. The van der Waals surface area contributed by atoms with Crippen LogP contribution in [0.3, 0.4) is 0 Å². The van der Waals surface area contributed by atoms with Crippen molar-refractivity contribution in [2.45, 2.75) is 50.5 Å². The zero-order chi connectivity index (χ0) is 21.8. The van der Waals surface area contributed by atoms with Crippen LogP contribution in [0.5, 0.6) is 5.75 Å². The Morgan fingerprint density at radius 1 is 1.13 bits per heavy atom. The first-order valence-corrected chi connectivity index (χ1v) is 11.5. The average molecular weight is 486 g/mol. The Bertz CT molecular complexity index is 1040. The van der Waals surface area contributed by atoms with Gasteiger partial charge in [-0.1, -0.05) is 34.1 Å². The van der Waals surface area contributed by atoms with Gasteiger partial charge in [0.25, 0.3) is 0 Å². The topological polar surface area (TPSA) is 69.3 Å². The van der Waals surface area contributed by atoms with Crippen LogP contribution in [0.1, 0.15) is 38.7 Å². The Morgan fingerprint density at radius 3 is 2.65 bits per heavy atom. The molecule has 6 nitrogen and oxygen atoms in total. The van der Waals surface area contributed by atoms with Crippen molar-refractivity contribution in [1.82, 2.24) is 5.06 Å². The molecular formula is C24H28BrN3O3. The molecule has 3 aliphatic rings. The number of fused-ring (bicyclic) bond motifs is 2. The van der Waals surface area contributed by atoms with Gasteiger partial charge in [0, 0.05) is 30.5 Å². The molecule has 2 aromatic rings. The van der Waals surface area contributed by atoms with E-state index >= 15 is 0 Å². The van der Waals surface area contributed by atoms with E-state index in [9.17, 15) is 0 Å². The number of nitrogens with zero attached hydrogens (tertiary/aromatic N) is 2. The van der Waals surface area contributed by atoms with Crippen LogP contribution < -0.4 is 10.5 Å². The Balaban J connectivity index is 1.56. The molecule has 7 heteroatoms. The molecule has 0 bridgehead atoms. The zero-order valence-electron chi connectivity index (χ0n) is 18.1. The molecule has 164 valence electrons. The van der Waals surface area contributed by atoms with Crippen molar-refractivity contribution in [3.05, 3.63) is 52.5 Å². The Hall–Kier alpha value is -2.09. The highest BCUT2D eigenvalue weighted by atomic mass is 79.9. The minimum atomic E-state index is -0.873. The van der Waals surface area contributed by atoms with Gasteiger partial charge in [-0.05, 0) is 62.1 Å². The summed E-state index contributed by atoms with van der Waals surface area (Å²) in [5.41, 5.74) is 8.25. The molecule has 2 N–H and O–H groups in total. The van der Waals surface area contributed by atoms with E-state index in [0.717, 1.165) is 46.4 Å². The molecule has 3 heterocycles. The van der Waals surface area contributed by atoms with Gasteiger partial charge in [-0.15, -0.1) is 0 Å². The van der Waals surface area contributed by atoms with Crippen LogP contribution in [0, 0.1) is 5.92 Å². The molecule has 3 unspecified atom stereocenters. The molecule has 3 atom stereocenters. The lowest BCUT2D eigenvalue weighted by molar-refractivity contribution is -0.198. The Labute approximate surface area is 191 Å². The van der Waals surface area contributed by atoms with Crippen molar-refractivity contribution in [1.29, 1.82) is 0 Å². The number of hydrogen-bond donors (Lipinski definition) is 1. The molecule has 5 rings (SSSR count). The van der Waals surface area contributed by atoms with Crippen LogP contribution in [-0.4, -0.2) is 36.4 Å². The van der Waals surface area contributed by atoms with Gasteiger partial charge in [-0.25, -0.2) is 14.9 Å². The summed E-state index contributed by atoms with van der Waals surface area (Å²) in [5.74, 6) is 1.56. The van der Waals surface area contributed by atoms with Crippen LogP contribution in [0.25, 0.3) is 11.1 Å². The molecular weight excluding hydrogens is 458 g/mol. The first-order valence-electron chi connectivity index (χ1n) is 10.7. The SMILES string of the molecule is CN1OC2(CC(C3CCOC(C)(C)C3)Oc3ccc(-c4cccc(Br)c4)cc32)N=C1N. The lowest BCUT2D eigenvalue weighted by Gasteiger charge is -2.44. The molecule has 2 aromatic carbocycles. The molecule has 0 radical (unpaired) electrons. The Kier molecular flexibility index (Phi) is 5.03. The van der Waals surface area contributed by atoms with E-state index in [2.05, 4.69) is 54.0 Å². The molecule has 0 aliphatic carbocycles. The van der Waals surface area contributed by atoms with E-state index in [0.29, 0.717) is 18.3 Å². The summed E-state index contributed by atoms with van der Waals surface area (Å²) >= 11 is 3.57. The third-order valence-electron chi connectivity index (χ3n) is 6.48. The molecule has 3 aliphatic heterocycles. The van der Waals surface area contributed by atoms with Crippen LogP contribution in [0.2, 0.25) is 0 Å². The number of benzene rings is 2. The van der Waals surface area contributed by atoms with E-state index in [1.807, 2.05) is 18.2 Å². The van der Waals surface area contributed by atoms with E-state index < -0.39 is 5.72 Å². The highest BCUT2D eigenvalue weighted by Gasteiger charge is 2.51. The lowest BCUT2D eigenvalue weighted by Crippen LogP contribution is -2.46. The van der Waals surface area contributed by atoms with Crippen LogP contribution in [-0.2, 0) is 15.3 Å². The molecule has 1 fully saturated rings. The molecule has 0 amide bonds. The van der Waals surface area contributed by atoms with Gasteiger partial charge >= 0.3 is 0 Å². The quantitative estimate of drug-likeness (QED) is 0.660. The van der Waals surface area contributed by atoms with Gasteiger partial charge in [0.05, 0.1) is 11.2 Å². The Morgan fingerprint density at radius 2 is 1.94 bits per heavy atom. The smallest absolute Gasteiger partial charge is 0.221 e. The summed E-state index contributed by atoms with van der Waals surface area (Å²) in [6.45, 7) is 5.03. The molecule has 0 saturated carbocycles. The minimum absolute atomic E-state index is 0.0181. The number of guanidine groups is 1. The maximum Gasteiger partial charge on any atom is 0.221 e. The normalized spacial score (nSPS) is 29.4. The predicted octanol–water partition coefficient (Wildman–Crippen LogP) is 4.82. The second-order valence-corrected chi connectivity index (χ2v) is 10.2. The standard InChI is InChI=1S/C24H28BrN3O3/c1-23(2)13-17(9-10-29-23)21-14-24(27-22(26)28(3)31-24)19-12-16(7-8-20(19)30-21)15-5-4-6-18(25)11-15/h4-8,11-12,17,21H,9-10,13-14H2,1-3H3,(H2,26,27). The van der Waals surface area contributed by atoms with Crippen molar-refractivity contribution in [2.75, 3.05) is 13.7 Å². The zero-order valence-corrected chi connectivity index (χ0v) is 19.7. The monoisotopic (exact) mass is 485 g/mol. The van der Waals surface area contributed by atoms with E-state index in [1.165, 1.54) is 0 Å². The maximum atomic E-state index is 6.56. The number of hydrogen-bond acceptors (Lipinski definition) is 6. The van der Waals surface area contributed by atoms with E-state index in [1.54, 1.807) is 12.1 Å². The number of halogens is 1. The summed E-state index contributed by atoms with van der Waals surface area (Å²) in [5, 5.41) is 1.56. The number of ether oxygens (including phenoxy) is 2. The van der Waals surface area contributed by atoms with Gasteiger partial charge in [-0.2, -0.15) is 0 Å². The molecule has 31 heavy (non-hydrogen) atoms. The van der Waals surface area contributed by atoms with Gasteiger partial charge < -0.3 is 15.2 Å². The number of nitrogens with two attached hydrogens (primary N) is 1. The van der Waals surface area contributed by atoms with E-state index in [-0.39, 0.29) is 11.7 Å². The number of hydroxylamine groups is 2. The fourth-order valence-electron chi connectivity index (χ4n) is 4.97. The summed E-state index contributed by atoms with van der Waals surface area (Å²) < 4.78 is 13.5. The number of rotatable bonds is 2. The van der Waals surface area contributed by atoms with Gasteiger partial charge in [0.1, 0.15) is 11.9 Å². The summed E-state index contributed by atoms with van der Waals surface area (Å²) in [4.78, 5) is 11.1. The fraction of sp³-hybridized carbons (Fsp3) is 0.458. The second kappa shape index (κ2) is 7.50. The first kappa shape index (κ1) is 20.8. The van der Waals surface area contributed by atoms with Gasteiger partial charge in [0.15, 0.2) is 0 Å². The van der Waals surface area contributed by atoms with Crippen LogP contribution >= 0.6 is 15.9 Å². The third kappa shape index (κ3) is 3.83. The van der Waals surface area contributed by atoms with Gasteiger partial charge in [-0.3, -0.25) is 0 Å². The van der Waals surface area contributed by atoms with Gasteiger partial charge in [0.2, 0.25) is 11.7 Å². The summed E-state index contributed by atoms with van der Waals surface area (Å²) in [7, 11) is 1.80. The van der Waals surface area contributed by atoms with Crippen molar-refractivity contribution in [3.63, 3.8) is 0 Å². The summed E-state index contributed by atoms with van der Waals surface area (Å²) in [6, 6.07) is 14.5. The second-order valence-electron chi connectivity index (χ2n) is 9.29. The largest absolute Gasteiger partial charge is 0.489 e. The van der Waals surface area contributed by atoms with Crippen molar-refractivity contribution in [2.24, 2.45) is 16.6 Å². The highest BCUT2D eigenvalue weighted by molar-refractivity contribution is 9.10. The first-order chi connectivity index (χ1) is 14.7. The molecule has 0 aromatic heterocycles. The minimum Gasteiger partial charge on any atom is -0.489 e. The lowest BCUT2D eigenvalue weighted by atomic mass is 9.79. The molecule has 1 saturated heterocycles. The molecule has 1 spiro atoms. The predicted molar refractivity (Wildman–Crippen MR) is 124 cm³/mol. The van der Waals surface area contributed by atoms with Crippen LogP contribution in [0.4, 0.5) is 0 Å². The third-order valence-corrected chi connectivity index (χ3v) is 6.97. The fourth-order valence-corrected chi connectivity index (χ4v) is 5.37. The van der Waals surface area contributed by atoms with E-state index in [4.69, 9.17) is 25.0 Å². The van der Waals surface area contributed by atoms with Crippen LogP contribution in [0.15, 0.2) is 51.9 Å².